The standard InChI is InChI=1S/C22H22N4O2S/c1-28-18-6-4-17(5-7-18)20-15-21(24-16-23-20)25-10-12-26(13-11-25)22(27)9-8-19-3-2-14-29-19/h2-9,14-16H,10-13H2,1H3/b9-8-. The number of piperazine rings is 1. The number of amides is 1. The zero-order chi connectivity index (χ0) is 20.1. The molecule has 0 atom stereocenters. The first-order valence-electron chi connectivity index (χ1n) is 9.45. The molecule has 148 valence electrons. The molecule has 0 aliphatic carbocycles. The summed E-state index contributed by atoms with van der Waals surface area (Å²) >= 11 is 1.62. The highest BCUT2D eigenvalue weighted by molar-refractivity contribution is 7.10. The van der Waals surface area contributed by atoms with Crippen LogP contribution in [0.4, 0.5) is 5.82 Å². The zero-order valence-electron chi connectivity index (χ0n) is 16.2. The molecule has 7 heteroatoms. The fourth-order valence-corrected chi connectivity index (χ4v) is 3.86. The molecule has 0 spiro atoms. The highest BCUT2D eigenvalue weighted by atomic mass is 32.1. The van der Waals surface area contributed by atoms with E-state index in [9.17, 15) is 4.79 Å². The predicted molar refractivity (Wildman–Crippen MR) is 116 cm³/mol. The predicted octanol–water partition coefficient (Wildman–Crippen LogP) is 3.58. The van der Waals surface area contributed by atoms with Crippen molar-refractivity contribution in [3.8, 4) is 17.0 Å². The van der Waals surface area contributed by atoms with Crippen LogP contribution >= 0.6 is 11.3 Å². The van der Waals surface area contributed by atoms with Crippen LogP contribution in [0.25, 0.3) is 17.3 Å². The van der Waals surface area contributed by atoms with Crippen molar-refractivity contribution in [2.24, 2.45) is 0 Å². The van der Waals surface area contributed by atoms with Crippen molar-refractivity contribution < 1.29 is 9.53 Å². The molecule has 0 bridgehead atoms. The first kappa shape index (κ1) is 19.1. The molecule has 4 rings (SSSR count). The van der Waals surface area contributed by atoms with E-state index in [1.54, 1.807) is 30.8 Å². The maximum atomic E-state index is 12.4. The van der Waals surface area contributed by atoms with Crippen LogP contribution < -0.4 is 9.64 Å². The Bertz CT molecular complexity index is 978. The summed E-state index contributed by atoms with van der Waals surface area (Å²) in [7, 11) is 1.65. The molecule has 0 unspecified atom stereocenters. The summed E-state index contributed by atoms with van der Waals surface area (Å²) in [6.45, 7) is 2.85. The maximum Gasteiger partial charge on any atom is 0.246 e. The van der Waals surface area contributed by atoms with Gasteiger partial charge in [-0.05, 0) is 41.8 Å². The van der Waals surface area contributed by atoms with Gasteiger partial charge in [-0.3, -0.25) is 4.79 Å². The van der Waals surface area contributed by atoms with Gasteiger partial charge in [0.1, 0.15) is 17.9 Å². The van der Waals surface area contributed by atoms with Crippen molar-refractivity contribution in [2.45, 2.75) is 0 Å². The summed E-state index contributed by atoms with van der Waals surface area (Å²) in [6.07, 6.45) is 5.13. The van der Waals surface area contributed by atoms with Gasteiger partial charge in [-0.2, -0.15) is 0 Å². The lowest BCUT2D eigenvalue weighted by Crippen LogP contribution is -2.48. The van der Waals surface area contributed by atoms with E-state index in [1.807, 2.05) is 58.8 Å². The average molecular weight is 407 g/mol. The number of rotatable bonds is 5. The Balaban J connectivity index is 1.38. The van der Waals surface area contributed by atoms with E-state index in [0.29, 0.717) is 13.1 Å². The third-order valence-electron chi connectivity index (χ3n) is 4.89. The molecule has 0 N–H and O–H groups in total. The van der Waals surface area contributed by atoms with Crippen LogP contribution in [0.5, 0.6) is 5.75 Å². The van der Waals surface area contributed by atoms with Gasteiger partial charge in [0.25, 0.3) is 0 Å². The molecule has 29 heavy (non-hydrogen) atoms. The Morgan fingerprint density at radius 1 is 1.10 bits per heavy atom. The van der Waals surface area contributed by atoms with Gasteiger partial charge >= 0.3 is 0 Å². The second-order valence-corrected chi connectivity index (χ2v) is 7.63. The van der Waals surface area contributed by atoms with Crippen molar-refractivity contribution in [1.82, 2.24) is 14.9 Å². The van der Waals surface area contributed by atoms with Crippen LogP contribution in [0.2, 0.25) is 0 Å². The van der Waals surface area contributed by atoms with E-state index in [0.717, 1.165) is 40.8 Å². The topological polar surface area (TPSA) is 58.6 Å². The average Bonchev–Trinajstić information content (AvgIpc) is 3.31. The van der Waals surface area contributed by atoms with Gasteiger partial charge in [0.15, 0.2) is 0 Å². The Hall–Kier alpha value is -3.19. The number of ether oxygens (including phenoxy) is 1. The van der Waals surface area contributed by atoms with Gasteiger partial charge in [-0.15, -0.1) is 11.3 Å². The van der Waals surface area contributed by atoms with E-state index >= 15 is 0 Å². The normalized spacial score (nSPS) is 14.4. The third kappa shape index (κ3) is 4.63. The summed E-state index contributed by atoms with van der Waals surface area (Å²) in [6, 6.07) is 13.8. The molecule has 0 saturated carbocycles. The lowest BCUT2D eigenvalue weighted by Gasteiger charge is -2.35. The molecule has 1 aromatic carbocycles. The minimum atomic E-state index is 0.0552. The molecule has 1 amide bonds. The fourth-order valence-electron chi connectivity index (χ4n) is 3.24. The second-order valence-electron chi connectivity index (χ2n) is 6.65. The largest absolute Gasteiger partial charge is 0.497 e. The van der Waals surface area contributed by atoms with Gasteiger partial charge < -0.3 is 14.5 Å². The van der Waals surface area contributed by atoms with Crippen LogP contribution in [0.3, 0.4) is 0 Å². The number of benzene rings is 1. The molecule has 3 heterocycles. The maximum absolute atomic E-state index is 12.4. The lowest BCUT2D eigenvalue weighted by molar-refractivity contribution is -0.126. The molecule has 1 fully saturated rings. The summed E-state index contributed by atoms with van der Waals surface area (Å²) in [5.41, 5.74) is 1.89. The van der Waals surface area contributed by atoms with Crippen molar-refractivity contribution in [1.29, 1.82) is 0 Å². The van der Waals surface area contributed by atoms with Crippen LogP contribution in [0.1, 0.15) is 4.88 Å². The number of nitrogens with zero attached hydrogens (tertiary/aromatic N) is 4. The smallest absolute Gasteiger partial charge is 0.246 e. The van der Waals surface area contributed by atoms with Gasteiger partial charge in [-0.25, -0.2) is 9.97 Å². The monoisotopic (exact) mass is 406 g/mol. The van der Waals surface area contributed by atoms with Crippen molar-refractivity contribution in [3.63, 3.8) is 0 Å². The Morgan fingerprint density at radius 3 is 2.59 bits per heavy atom. The zero-order valence-corrected chi connectivity index (χ0v) is 17.0. The van der Waals surface area contributed by atoms with E-state index in [-0.39, 0.29) is 5.91 Å². The van der Waals surface area contributed by atoms with Gasteiger partial charge in [0.2, 0.25) is 5.91 Å². The van der Waals surface area contributed by atoms with Gasteiger partial charge in [0.05, 0.1) is 12.8 Å². The summed E-state index contributed by atoms with van der Waals surface area (Å²) in [5.74, 6) is 1.75. The fraction of sp³-hybridized carbons (Fsp3) is 0.227. The highest BCUT2D eigenvalue weighted by Crippen LogP contribution is 2.23. The van der Waals surface area contributed by atoms with Crippen LogP contribution in [-0.2, 0) is 4.79 Å². The van der Waals surface area contributed by atoms with Crippen molar-refractivity contribution in [2.75, 3.05) is 38.2 Å². The molecule has 1 aliphatic heterocycles. The number of anilines is 1. The molecule has 1 aliphatic rings. The summed E-state index contributed by atoms with van der Waals surface area (Å²) in [4.78, 5) is 26.4. The van der Waals surface area contributed by atoms with E-state index < -0.39 is 0 Å². The number of aromatic nitrogens is 2. The number of hydrogen-bond acceptors (Lipinski definition) is 6. The Morgan fingerprint density at radius 2 is 1.90 bits per heavy atom. The van der Waals surface area contributed by atoms with Gasteiger partial charge in [0, 0.05) is 48.8 Å². The number of thiophene rings is 1. The van der Waals surface area contributed by atoms with E-state index in [2.05, 4.69) is 14.9 Å². The lowest BCUT2D eigenvalue weighted by atomic mass is 10.1. The van der Waals surface area contributed by atoms with Crippen molar-refractivity contribution in [3.05, 3.63) is 65.1 Å². The summed E-state index contributed by atoms with van der Waals surface area (Å²) in [5, 5.41) is 2.00. The molecular formula is C22H22N4O2S. The van der Waals surface area contributed by atoms with Gasteiger partial charge in [-0.1, -0.05) is 6.07 Å². The Kier molecular flexibility index (Phi) is 5.86. The minimum absolute atomic E-state index is 0.0552. The van der Waals surface area contributed by atoms with E-state index in [1.165, 1.54) is 0 Å². The number of hydrogen-bond donors (Lipinski definition) is 0. The summed E-state index contributed by atoms with van der Waals surface area (Å²) < 4.78 is 5.21. The van der Waals surface area contributed by atoms with E-state index in [4.69, 9.17) is 4.74 Å². The number of methoxy groups -OCH3 is 1. The van der Waals surface area contributed by atoms with Crippen LogP contribution in [0, 0.1) is 0 Å². The SMILES string of the molecule is COc1ccc(-c2cc(N3CCN(C(=O)/C=C\c4cccs4)CC3)ncn2)cc1. The quantitative estimate of drug-likeness (QED) is 0.606. The highest BCUT2D eigenvalue weighted by Gasteiger charge is 2.21. The molecule has 3 aromatic rings. The number of carbonyl (C=O) groups excluding carboxylic acids is 1. The number of carbonyl (C=O) groups is 1. The molecule has 2 aromatic heterocycles. The van der Waals surface area contributed by atoms with Crippen LogP contribution in [-0.4, -0.2) is 54.1 Å². The first-order valence-corrected chi connectivity index (χ1v) is 10.3. The second kappa shape index (κ2) is 8.87. The first-order chi connectivity index (χ1) is 14.2. The Labute approximate surface area is 174 Å². The molecule has 6 nitrogen and oxygen atoms in total. The molecule has 0 radical (unpaired) electrons. The third-order valence-corrected chi connectivity index (χ3v) is 5.72. The van der Waals surface area contributed by atoms with Crippen molar-refractivity contribution >= 4 is 29.1 Å². The molecule has 1 saturated heterocycles. The minimum Gasteiger partial charge on any atom is -0.497 e. The molecular weight excluding hydrogens is 384 g/mol. The van der Waals surface area contributed by atoms with Crippen LogP contribution in [0.15, 0.2) is 60.2 Å².